The molecule has 75 heavy (non-hydrogen) atoms. The van der Waals surface area contributed by atoms with Crippen LogP contribution in [0.4, 0.5) is 34.1 Å². The van der Waals surface area contributed by atoms with E-state index in [9.17, 15) is 0 Å². The molecule has 0 saturated heterocycles. The van der Waals surface area contributed by atoms with Gasteiger partial charge in [-0.25, -0.2) is 0 Å². The molecule has 11 aromatic rings. The van der Waals surface area contributed by atoms with Gasteiger partial charge in [0.1, 0.15) is 0 Å². The lowest BCUT2D eigenvalue weighted by Crippen LogP contribution is -2.30. The zero-order chi connectivity index (χ0) is 50.4. The third-order valence-electron chi connectivity index (χ3n) is 15.5. The molecule has 0 bridgehead atoms. The Morgan fingerprint density at radius 2 is 0.453 bits per heavy atom. The average Bonchev–Trinajstić information content (AvgIpc) is 3.50. The number of hydrogen-bond donors (Lipinski definition) is 0. The van der Waals surface area contributed by atoms with Crippen molar-refractivity contribution in [3.63, 3.8) is 0 Å². The van der Waals surface area contributed by atoms with Crippen molar-refractivity contribution >= 4 is 34.1 Å². The van der Waals surface area contributed by atoms with E-state index in [4.69, 9.17) is 0 Å². The Balaban J connectivity index is 0.835. The van der Waals surface area contributed by atoms with E-state index in [1.54, 1.807) is 0 Å². The molecule has 2 heteroatoms. The molecule has 0 atom stereocenters. The van der Waals surface area contributed by atoms with E-state index in [2.05, 4.69) is 302 Å². The van der Waals surface area contributed by atoms with Gasteiger partial charge in [0.25, 0.3) is 0 Å². The van der Waals surface area contributed by atoms with Crippen LogP contribution in [0.1, 0.15) is 48.8 Å². The maximum atomic E-state index is 2.41. The van der Waals surface area contributed by atoms with Gasteiger partial charge in [-0.05, 0) is 159 Å². The largest absolute Gasteiger partial charge is 0.311 e. The second-order valence-electron chi connectivity index (χ2n) is 20.1. The number of aryl methyl sites for hydroxylation is 1. The summed E-state index contributed by atoms with van der Waals surface area (Å²) in [5, 5.41) is 0. The first-order valence-corrected chi connectivity index (χ1v) is 26.6. The van der Waals surface area contributed by atoms with Gasteiger partial charge in [-0.15, -0.1) is 0 Å². The van der Waals surface area contributed by atoms with Crippen molar-refractivity contribution in [2.45, 2.75) is 44.4 Å². The first kappa shape index (κ1) is 47.1. The predicted molar refractivity (Wildman–Crippen MR) is 318 cm³/mol. The van der Waals surface area contributed by atoms with Gasteiger partial charge in [-0.1, -0.05) is 237 Å². The van der Waals surface area contributed by atoms with Crippen LogP contribution in [0.2, 0.25) is 0 Å². The summed E-state index contributed by atoms with van der Waals surface area (Å²) in [6.07, 6.45) is 6.17. The van der Waals surface area contributed by atoms with E-state index >= 15 is 0 Å². The highest BCUT2D eigenvalue weighted by atomic mass is 15.1. The summed E-state index contributed by atoms with van der Waals surface area (Å²) in [6, 6.07) is 104. The molecule has 12 rings (SSSR count). The summed E-state index contributed by atoms with van der Waals surface area (Å²) in [6.45, 7) is 2.19. The maximum Gasteiger partial charge on any atom is 0.0462 e. The molecule has 11 aromatic carbocycles. The van der Waals surface area contributed by atoms with E-state index in [0.717, 1.165) is 34.1 Å². The van der Waals surface area contributed by atoms with Gasteiger partial charge in [-0.3, -0.25) is 0 Å². The number of nitrogens with zero attached hydrogens (tertiary/aromatic N) is 2. The Bertz CT molecular complexity index is 3580. The Hall–Kier alpha value is -8.98. The number of hydrogen-bond acceptors (Lipinski definition) is 2. The average molecular weight is 965 g/mol. The highest BCUT2D eigenvalue weighted by molar-refractivity contribution is 5.83. The predicted octanol–water partition coefficient (Wildman–Crippen LogP) is 20.5. The molecule has 0 amide bonds. The molecule has 0 spiro atoms. The molecule has 0 heterocycles. The zero-order valence-electron chi connectivity index (χ0n) is 42.6. The van der Waals surface area contributed by atoms with Gasteiger partial charge in [0.05, 0.1) is 0 Å². The summed E-state index contributed by atoms with van der Waals surface area (Å²) >= 11 is 0. The second kappa shape index (κ2) is 21.2. The molecule has 1 aliphatic rings. The molecule has 1 aliphatic carbocycles. The minimum Gasteiger partial charge on any atom is -0.311 e. The van der Waals surface area contributed by atoms with Crippen molar-refractivity contribution in [1.29, 1.82) is 0 Å². The molecule has 0 aromatic heterocycles. The number of anilines is 6. The van der Waals surface area contributed by atoms with Crippen LogP contribution in [-0.4, -0.2) is 0 Å². The molecule has 0 aliphatic heterocycles. The lowest BCUT2D eigenvalue weighted by Gasteiger charge is -2.39. The highest BCUT2D eigenvalue weighted by Crippen LogP contribution is 2.47. The third-order valence-corrected chi connectivity index (χ3v) is 15.5. The Morgan fingerprint density at radius 1 is 0.227 bits per heavy atom. The Labute approximate surface area is 443 Å². The molecule has 1 saturated carbocycles. The second-order valence-corrected chi connectivity index (χ2v) is 20.1. The Morgan fingerprint density at radius 3 is 0.760 bits per heavy atom. The molecular weight excluding hydrogens is 905 g/mol. The third kappa shape index (κ3) is 9.96. The number of rotatable bonds is 13. The molecular formula is C73H60N2. The standard InChI is InChI=1S/C73H60N2/c1-54-20-38-65(39-21-54)73(52-12-5-13-53-73)66-40-50-72(51-41-66)75(70-46-32-62(33-47-70)60-28-24-58(25-29-60)56-16-8-3-9-17-56)71-48-36-64(37-49-71)63-34-44-69(45-35-63)74(67-18-10-4-11-19-67)68-42-30-61(31-43-68)59-26-22-57(23-27-59)55-14-6-2-7-15-55/h2-4,6-11,14-51H,5,12-13,52-53H2,1H3. The zero-order valence-corrected chi connectivity index (χ0v) is 42.6. The molecule has 0 N–H and O–H groups in total. The summed E-state index contributed by atoms with van der Waals surface area (Å²) in [5.41, 5.74) is 22.9. The summed E-state index contributed by atoms with van der Waals surface area (Å²) in [7, 11) is 0. The van der Waals surface area contributed by atoms with Crippen LogP contribution in [0.5, 0.6) is 0 Å². The van der Waals surface area contributed by atoms with Gasteiger partial charge in [0, 0.05) is 39.5 Å². The van der Waals surface area contributed by atoms with Crippen LogP contribution in [0.15, 0.2) is 285 Å². The van der Waals surface area contributed by atoms with Crippen LogP contribution < -0.4 is 9.80 Å². The fraction of sp³-hybridized carbons (Fsp3) is 0.0959. The van der Waals surface area contributed by atoms with Crippen LogP contribution >= 0.6 is 0 Å². The van der Waals surface area contributed by atoms with Gasteiger partial charge in [0.15, 0.2) is 0 Å². The van der Waals surface area contributed by atoms with Crippen molar-refractivity contribution in [1.82, 2.24) is 0 Å². The van der Waals surface area contributed by atoms with Crippen molar-refractivity contribution < 1.29 is 0 Å². The van der Waals surface area contributed by atoms with Crippen molar-refractivity contribution in [2.75, 3.05) is 9.80 Å². The fourth-order valence-corrected chi connectivity index (χ4v) is 11.4. The molecule has 1 fully saturated rings. The first-order chi connectivity index (χ1) is 37.0. The molecule has 362 valence electrons. The van der Waals surface area contributed by atoms with Crippen LogP contribution in [0.25, 0.3) is 55.6 Å². The number of para-hydroxylation sites is 1. The van der Waals surface area contributed by atoms with E-state index in [-0.39, 0.29) is 5.41 Å². The molecule has 0 radical (unpaired) electrons. The van der Waals surface area contributed by atoms with Crippen molar-refractivity contribution in [3.05, 3.63) is 302 Å². The van der Waals surface area contributed by atoms with Crippen molar-refractivity contribution in [3.8, 4) is 55.6 Å². The summed E-state index contributed by atoms with van der Waals surface area (Å²) in [5.74, 6) is 0. The Kier molecular flexibility index (Phi) is 13.3. The minimum absolute atomic E-state index is 0.0313. The van der Waals surface area contributed by atoms with Crippen LogP contribution in [0.3, 0.4) is 0 Å². The van der Waals surface area contributed by atoms with E-state index in [0.29, 0.717) is 0 Å². The van der Waals surface area contributed by atoms with Gasteiger partial charge >= 0.3 is 0 Å². The monoisotopic (exact) mass is 964 g/mol. The fourth-order valence-electron chi connectivity index (χ4n) is 11.4. The molecule has 0 unspecified atom stereocenters. The smallest absolute Gasteiger partial charge is 0.0462 e. The van der Waals surface area contributed by atoms with Crippen LogP contribution in [0, 0.1) is 6.92 Å². The maximum absolute atomic E-state index is 2.41. The van der Waals surface area contributed by atoms with E-state index in [1.165, 1.54) is 104 Å². The lowest BCUT2D eigenvalue weighted by atomic mass is 9.65. The van der Waals surface area contributed by atoms with Crippen molar-refractivity contribution in [2.24, 2.45) is 0 Å². The SMILES string of the molecule is Cc1ccc(C2(c3ccc(N(c4ccc(-c5ccc(-c6ccccc6)cc5)cc4)c4ccc(-c5ccc(N(c6ccccc6)c6ccc(-c7ccc(-c8ccccc8)cc7)cc6)cc5)cc4)cc3)CCCCC2)cc1. The van der Waals surface area contributed by atoms with Gasteiger partial charge < -0.3 is 9.80 Å². The summed E-state index contributed by atoms with van der Waals surface area (Å²) < 4.78 is 0. The normalized spacial score (nSPS) is 13.0. The quantitative estimate of drug-likeness (QED) is 0.114. The summed E-state index contributed by atoms with van der Waals surface area (Å²) in [4.78, 5) is 4.74. The van der Waals surface area contributed by atoms with Crippen LogP contribution in [-0.2, 0) is 5.41 Å². The highest BCUT2D eigenvalue weighted by Gasteiger charge is 2.35. The van der Waals surface area contributed by atoms with Gasteiger partial charge in [-0.2, -0.15) is 0 Å². The molecule has 2 nitrogen and oxygen atoms in total. The van der Waals surface area contributed by atoms with Gasteiger partial charge in [0.2, 0.25) is 0 Å². The lowest BCUT2D eigenvalue weighted by molar-refractivity contribution is 0.346. The topological polar surface area (TPSA) is 6.48 Å². The van der Waals surface area contributed by atoms with E-state index < -0.39 is 0 Å². The van der Waals surface area contributed by atoms with E-state index in [1.807, 2.05) is 0 Å². The number of benzene rings is 11. The minimum atomic E-state index is 0.0313. The first-order valence-electron chi connectivity index (χ1n) is 26.6.